The van der Waals surface area contributed by atoms with Crippen molar-refractivity contribution in [3.63, 3.8) is 0 Å². The standard InChI is InChI=1S/C22H21N7O3S/c1-4-32-17-9-10-19(27-16(17)12-23)28-20-11-15(21-22(29-20)25-13(2)24-21)26-14-7-5-6-8-18(14)33(3,30)31/h5-11H,4H2,1-3H3,(H3,24,25,26,27,28,29). The van der Waals surface area contributed by atoms with Crippen LogP contribution in [0.4, 0.5) is 23.0 Å². The van der Waals surface area contributed by atoms with Gasteiger partial charge in [-0.2, -0.15) is 5.26 Å². The first-order valence-corrected chi connectivity index (χ1v) is 11.9. The predicted octanol–water partition coefficient (Wildman–Crippen LogP) is 3.82. The Morgan fingerprint density at radius 2 is 1.85 bits per heavy atom. The van der Waals surface area contributed by atoms with Crippen LogP contribution >= 0.6 is 0 Å². The van der Waals surface area contributed by atoms with Gasteiger partial charge in [0, 0.05) is 12.3 Å². The van der Waals surface area contributed by atoms with E-state index in [-0.39, 0.29) is 10.6 Å². The van der Waals surface area contributed by atoms with Crippen LogP contribution in [-0.4, -0.2) is 41.2 Å². The van der Waals surface area contributed by atoms with Crippen molar-refractivity contribution in [2.75, 3.05) is 23.5 Å². The Balaban J connectivity index is 1.75. The van der Waals surface area contributed by atoms with E-state index in [0.717, 1.165) is 6.26 Å². The first kappa shape index (κ1) is 22.0. The van der Waals surface area contributed by atoms with Gasteiger partial charge in [-0.15, -0.1) is 0 Å². The lowest BCUT2D eigenvalue weighted by atomic mass is 10.2. The van der Waals surface area contributed by atoms with Crippen LogP contribution in [0.15, 0.2) is 47.4 Å². The normalized spacial score (nSPS) is 11.2. The molecule has 0 bridgehead atoms. The van der Waals surface area contributed by atoms with E-state index in [1.807, 2.05) is 13.0 Å². The second-order valence-corrected chi connectivity index (χ2v) is 9.17. The van der Waals surface area contributed by atoms with Crippen molar-refractivity contribution in [3.8, 4) is 11.8 Å². The molecule has 0 aliphatic carbocycles. The second-order valence-electron chi connectivity index (χ2n) is 7.18. The van der Waals surface area contributed by atoms with Crippen molar-refractivity contribution < 1.29 is 13.2 Å². The van der Waals surface area contributed by atoms with Gasteiger partial charge in [-0.3, -0.25) is 0 Å². The molecule has 0 aliphatic heterocycles. The minimum Gasteiger partial charge on any atom is -0.491 e. The third kappa shape index (κ3) is 4.70. The molecule has 0 saturated heterocycles. The zero-order valence-corrected chi connectivity index (χ0v) is 19.0. The maximum absolute atomic E-state index is 12.2. The molecule has 0 amide bonds. The van der Waals surface area contributed by atoms with E-state index in [0.29, 0.717) is 52.4 Å². The van der Waals surface area contributed by atoms with E-state index in [1.54, 1.807) is 43.3 Å². The molecule has 33 heavy (non-hydrogen) atoms. The minimum atomic E-state index is -3.45. The Morgan fingerprint density at radius 1 is 1.06 bits per heavy atom. The van der Waals surface area contributed by atoms with Crippen LogP contribution < -0.4 is 15.4 Å². The van der Waals surface area contributed by atoms with Gasteiger partial charge in [0.1, 0.15) is 29.0 Å². The SMILES string of the molecule is CCOc1ccc(Nc2cc(Nc3ccccc3S(C)(=O)=O)c3nc(C)[nH]c3n2)nc1C#N. The third-order valence-electron chi connectivity index (χ3n) is 4.65. The smallest absolute Gasteiger partial charge is 0.184 e. The number of nitrogens with one attached hydrogen (secondary N) is 3. The summed E-state index contributed by atoms with van der Waals surface area (Å²) in [5.41, 5.74) is 2.18. The van der Waals surface area contributed by atoms with Gasteiger partial charge >= 0.3 is 0 Å². The highest BCUT2D eigenvalue weighted by Crippen LogP contribution is 2.31. The highest BCUT2D eigenvalue weighted by molar-refractivity contribution is 7.90. The highest BCUT2D eigenvalue weighted by Gasteiger charge is 2.16. The molecule has 0 spiro atoms. The number of rotatable bonds is 7. The predicted molar refractivity (Wildman–Crippen MR) is 125 cm³/mol. The molecule has 4 aromatic rings. The number of aromatic nitrogens is 4. The van der Waals surface area contributed by atoms with Gasteiger partial charge in [0.15, 0.2) is 26.9 Å². The van der Waals surface area contributed by atoms with Gasteiger partial charge in [-0.1, -0.05) is 12.1 Å². The average molecular weight is 464 g/mol. The number of anilines is 4. The minimum absolute atomic E-state index is 0.153. The number of benzene rings is 1. The summed E-state index contributed by atoms with van der Waals surface area (Å²) in [5, 5.41) is 15.6. The van der Waals surface area contributed by atoms with Gasteiger partial charge in [-0.25, -0.2) is 23.4 Å². The molecular weight excluding hydrogens is 442 g/mol. The number of nitrogens with zero attached hydrogens (tertiary/aromatic N) is 4. The number of para-hydroxylation sites is 1. The van der Waals surface area contributed by atoms with E-state index in [9.17, 15) is 13.7 Å². The molecule has 0 radical (unpaired) electrons. The van der Waals surface area contributed by atoms with Crippen molar-refractivity contribution in [1.82, 2.24) is 19.9 Å². The Labute approximate surface area is 190 Å². The average Bonchev–Trinajstić information content (AvgIpc) is 3.15. The number of H-pyrrole nitrogens is 1. The lowest BCUT2D eigenvalue weighted by Crippen LogP contribution is -2.04. The number of aryl methyl sites for hydroxylation is 1. The summed E-state index contributed by atoms with van der Waals surface area (Å²) < 4.78 is 29.9. The Kier molecular flexibility index (Phi) is 5.85. The first-order valence-electron chi connectivity index (χ1n) is 10.0. The molecule has 0 fully saturated rings. The molecule has 0 atom stereocenters. The van der Waals surface area contributed by atoms with Gasteiger partial charge in [0.2, 0.25) is 0 Å². The molecule has 1 aromatic carbocycles. The van der Waals surface area contributed by atoms with E-state index in [1.165, 1.54) is 6.07 Å². The molecule has 168 valence electrons. The number of fused-ring (bicyclic) bond motifs is 1. The maximum Gasteiger partial charge on any atom is 0.184 e. The Morgan fingerprint density at radius 3 is 2.58 bits per heavy atom. The topological polar surface area (TPSA) is 146 Å². The highest BCUT2D eigenvalue weighted by atomic mass is 32.2. The molecule has 3 aromatic heterocycles. The molecule has 10 nitrogen and oxygen atoms in total. The largest absolute Gasteiger partial charge is 0.491 e. The quantitative estimate of drug-likeness (QED) is 0.372. The second kappa shape index (κ2) is 8.76. The van der Waals surface area contributed by atoms with Gasteiger partial charge in [0.05, 0.1) is 22.9 Å². The van der Waals surface area contributed by atoms with Crippen LogP contribution in [0.3, 0.4) is 0 Å². The number of hydrogen-bond acceptors (Lipinski definition) is 9. The van der Waals surface area contributed by atoms with Gasteiger partial charge in [0.25, 0.3) is 0 Å². The summed E-state index contributed by atoms with van der Waals surface area (Å²) in [7, 11) is -3.45. The lowest BCUT2D eigenvalue weighted by Gasteiger charge is -2.13. The molecule has 3 heterocycles. The molecule has 4 rings (SSSR count). The Bertz CT molecular complexity index is 1490. The van der Waals surface area contributed by atoms with Crippen molar-refractivity contribution in [3.05, 3.63) is 54.0 Å². The van der Waals surface area contributed by atoms with Crippen LogP contribution in [0.1, 0.15) is 18.4 Å². The summed E-state index contributed by atoms with van der Waals surface area (Å²) in [4.78, 5) is 16.6. The van der Waals surface area contributed by atoms with Crippen LogP contribution in [-0.2, 0) is 9.84 Å². The van der Waals surface area contributed by atoms with Crippen LogP contribution in [0.25, 0.3) is 11.2 Å². The van der Waals surface area contributed by atoms with Crippen molar-refractivity contribution in [1.29, 1.82) is 5.26 Å². The Hall–Kier alpha value is -4.17. The van der Waals surface area contributed by atoms with Gasteiger partial charge < -0.3 is 20.4 Å². The third-order valence-corrected chi connectivity index (χ3v) is 5.80. The fraction of sp³-hybridized carbons (Fsp3) is 0.182. The number of hydrogen-bond donors (Lipinski definition) is 3. The van der Waals surface area contributed by atoms with Crippen LogP contribution in [0.2, 0.25) is 0 Å². The summed E-state index contributed by atoms with van der Waals surface area (Å²) in [6.45, 7) is 4.05. The monoisotopic (exact) mass is 463 g/mol. The van der Waals surface area contributed by atoms with E-state index >= 15 is 0 Å². The number of imidazole rings is 1. The first-order chi connectivity index (χ1) is 15.8. The van der Waals surface area contributed by atoms with Crippen molar-refractivity contribution in [2.24, 2.45) is 0 Å². The summed E-state index contributed by atoms with van der Waals surface area (Å²) >= 11 is 0. The van der Waals surface area contributed by atoms with E-state index < -0.39 is 9.84 Å². The zero-order valence-electron chi connectivity index (χ0n) is 18.2. The van der Waals surface area contributed by atoms with E-state index in [4.69, 9.17) is 4.74 Å². The van der Waals surface area contributed by atoms with Gasteiger partial charge in [-0.05, 0) is 38.1 Å². The number of aromatic amines is 1. The van der Waals surface area contributed by atoms with Crippen LogP contribution in [0, 0.1) is 18.3 Å². The molecular formula is C22H21N7O3S. The number of ether oxygens (including phenoxy) is 1. The molecule has 3 N–H and O–H groups in total. The number of sulfone groups is 1. The number of nitriles is 1. The zero-order chi connectivity index (χ0) is 23.6. The maximum atomic E-state index is 12.2. The summed E-state index contributed by atoms with van der Waals surface area (Å²) in [5.74, 6) is 1.88. The van der Waals surface area contributed by atoms with Crippen LogP contribution in [0.5, 0.6) is 5.75 Å². The molecule has 11 heteroatoms. The molecule has 0 saturated carbocycles. The van der Waals surface area contributed by atoms with Crippen molar-refractivity contribution in [2.45, 2.75) is 18.7 Å². The fourth-order valence-corrected chi connectivity index (χ4v) is 4.15. The molecule has 0 unspecified atom stereocenters. The fourth-order valence-electron chi connectivity index (χ4n) is 3.30. The number of pyridine rings is 2. The van der Waals surface area contributed by atoms with Crippen molar-refractivity contribution >= 4 is 44.0 Å². The summed E-state index contributed by atoms with van der Waals surface area (Å²) in [6, 6.07) is 13.7. The molecule has 0 aliphatic rings. The van der Waals surface area contributed by atoms with E-state index in [2.05, 4.69) is 30.6 Å². The summed E-state index contributed by atoms with van der Waals surface area (Å²) in [6.07, 6.45) is 1.16. The lowest BCUT2D eigenvalue weighted by molar-refractivity contribution is 0.338.